The van der Waals surface area contributed by atoms with Crippen LogP contribution in [0.1, 0.15) is 0 Å². The lowest BCUT2D eigenvalue weighted by molar-refractivity contribution is 0.669. The van der Waals surface area contributed by atoms with E-state index in [1.807, 2.05) is 23.5 Å². The average Bonchev–Trinajstić information content (AvgIpc) is 3.82. The molecular weight excluding hydrogens is 687 g/mol. The highest BCUT2D eigenvalue weighted by molar-refractivity contribution is 7.25. The van der Waals surface area contributed by atoms with Gasteiger partial charge in [0.2, 0.25) is 0 Å². The van der Waals surface area contributed by atoms with Crippen molar-refractivity contribution in [1.29, 1.82) is 0 Å². The molecule has 0 spiro atoms. The van der Waals surface area contributed by atoms with E-state index < -0.39 is 0 Å². The molecule has 258 valence electrons. The second-order valence-electron chi connectivity index (χ2n) is 14.1. The number of hydrogen-bond acceptors (Lipinski definition) is 3. The van der Waals surface area contributed by atoms with Gasteiger partial charge >= 0.3 is 0 Å². The van der Waals surface area contributed by atoms with Crippen LogP contribution < -0.4 is 4.90 Å². The smallest absolute Gasteiger partial charge is 0.136 e. The number of para-hydroxylation sites is 1. The lowest BCUT2D eigenvalue weighted by Crippen LogP contribution is -2.10. The fourth-order valence-corrected chi connectivity index (χ4v) is 9.26. The molecule has 0 aliphatic heterocycles. The van der Waals surface area contributed by atoms with Crippen molar-refractivity contribution in [2.24, 2.45) is 0 Å². The third-order valence-corrected chi connectivity index (χ3v) is 12.0. The summed E-state index contributed by atoms with van der Waals surface area (Å²) in [4.78, 5) is 2.38. The number of hydrogen-bond donors (Lipinski definition) is 0. The zero-order valence-corrected chi connectivity index (χ0v) is 30.6. The molecule has 0 saturated heterocycles. The zero-order valence-electron chi connectivity index (χ0n) is 29.8. The van der Waals surface area contributed by atoms with Gasteiger partial charge < -0.3 is 9.32 Å². The topological polar surface area (TPSA) is 16.4 Å². The molecule has 0 N–H and O–H groups in total. The maximum absolute atomic E-state index is 6.24. The molecule has 3 heteroatoms. The number of furan rings is 1. The molecule has 2 heterocycles. The summed E-state index contributed by atoms with van der Waals surface area (Å²) in [6.07, 6.45) is 0. The van der Waals surface area contributed by atoms with Gasteiger partial charge in [-0.25, -0.2) is 0 Å². The van der Waals surface area contributed by atoms with Gasteiger partial charge in [0.15, 0.2) is 0 Å². The van der Waals surface area contributed by atoms with Crippen LogP contribution in [-0.2, 0) is 0 Å². The summed E-state index contributed by atoms with van der Waals surface area (Å²) >= 11 is 1.86. The van der Waals surface area contributed by atoms with Crippen LogP contribution in [0.2, 0.25) is 0 Å². The predicted octanol–water partition coefficient (Wildman–Crippen LogP) is 15.6. The standard InChI is InChI=1S/C52H33NOS/c1-2-11-36-30-39(23-22-34(36)10-1)37-12-7-14-42(31-37)53(41-27-24-35(25-28-41)44-18-9-20-49-52(44)46-17-3-5-19-48(46)54-49)43-15-8-13-38(32-43)40-26-29-51-47(33-40)45-16-4-6-21-50(45)55-51/h1-33H. The van der Waals surface area contributed by atoms with E-state index in [-0.39, 0.29) is 0 Å². The van der Waals surface area contributed by atoms with Crippen molar-refractivity contribution in [3.63, 3.8) is 0 Å². The first-order valence-corrected chi connectivity index (χ1v) is 19.5. The molecule has 0 aliphatic carbocycles. The van der Waals surface area contributed by atoms with Gasteiger partial charge in [0.1, 0.15) is 11.2 Å². The number of fused-ring (bicyclic) bond motifs is 7. The van der Waals surface area contributed by atoms with Crippen LogP contribution in [0.15, 0.2) is 205 Å². The highest BCUT2D eigenvalue weighted by Gasteiger charge is 2.17. The fraction of sp³-hybridized carbons (Fsp3) is 0. The van der Waals surface area contributed by atoms with Crippen LogP contribution in [0, 0.1) is 0 Å². The van der Waals surface area contributed by atoms with Gasteiger partial charge in [0.05, 0.1) is 0 Å². The van der Waals surface area contributed by atoms with Gasteiger partial charge in [-0.1, -0.05) is 127 Å². The third-order valence-electron chi connectivity index (χ3n) is 10.8. The highest BCUT2D eigenvalue weighted by Crippen LogP contribution is 2.42. The van der Waals surface area contributed by atoms with E-state index in [2.05, 4.69) is 193 Å². The van der Waals surface area contributed by atoms with Crippen molar-refractivity contribution in [1.82, 2.24) is 0 Å². The molecule has 0 aliphatic rings. The number of anilines is 3. The summed E-state index contributed by atoms with van der Waals surface area (Å²) in [5.74, 6) is 0. The molecule has 0 amide bonds. The lowest BCUT2D eigenvalue weighted by Gasteiger charge is -2.27. The molecule has 11 aromatic rings. The van der Waals surface area contributed by atoms with Gasteiger partial charge in [0, 0.05) is 48.0 Å². The van der Waals surface area contributed by atoms with E-state index in [4.69, 9.17) is 4.42 Å². The Morgan fingerprint density at radius 1 is 0.345 bits per heavy atom. The van der Waals surface area contributed by atoms with E-state index in [1.165, 1.54) is 53.2 Å². The first-order chi connectivity index (χ1) is 27.2. The molecule has 0 saturated carbocycles. The minimum Gasteiger partial charge on any atom is -0.456 e. The fourth-order valence-electron chi connectivity index (χ4n) is 8.18. The molecule has 2 aromatic heterocycles. The Morgan fingerprint density at radius 2 is 0.945 bits per heavy atom. The maximum atomic E-state index is 6.24. The minimum absolute atomic E-state index is 0.903. The molecule has 2 nitrogen and oxygen atoms in total. The molecular formula is C52H33NOS. The van der Waals surface area contributed by atoms with Crippen molar-refractivity contribution in [3.8, 4) is 33.4 Å². The summed E-state index contributed by atoms with van der Waals surface area (Å²) in [6, 6.07) is 72.4. The molecule has 55 heavy (non-hydrogen) atoms. The van der Waals surface area contributed by atoms with E-state index >= 15 is 0 Å². The Kier molecular flexibility index (Phi) is 7.39. The van der Waals surface area contributed by atoms with E-state index in [0.29, 0.717) is 0 Å². The Labute approximate surface area is 322 Å². The molecule has 0 fully saturated rings. The zero-order chi connectivity index (χ0) is 36.3. The largest absolute Gasteiger partial charge is 0.456 e. The molecule has 11 rings (SSSR count). The minimum atomic E-state index is 0.903. The van der Waals surface area contributed by atoms with Crippen LogP contribution in [0.3, 0.4) is 0 Å². The Balaban J connectivity index is 1.05. The summed E-state index contributed by atoms with van der Waals surface area (Å²) in [7, 11) is 0. The van der Waals surface area contributed by atoms with E-state index in [1.54, 1.807) is 0 Å². The quantitative estimate of drug-likeness (QED) is 0.170. The number of nitrogens with zero attached hydrogens (tertiary/aromatic N) is 1. The van der Waals surface area contributed by atoms with Crippen LogP contribution in [0.25, 0.3) is 86.3 Å². The van der Waals surface area contributed by atoms with E-state index in [9.17, 15) is 0 Å². The van der Waals surface area contributed by atoms with Gasteiger partial charge in [-0.2, -0.15) is 0 Å². The maximum Gasteiger partial charge on any atom is 0.136 e. The third kappa shape index (κ3) is 5.48. The number of thiophene rings is 1. The number of benzene rings is 9. The van der Waals surface area contributed by atoms with E-state index in [0.717, 1.165) is 50.1 Å². The van der Waals surface area contributed by atoms with Gasteiger partial charge in [-0.05, 0) is 117 Å². The normalized spacial score (nSPS) is 11.6. The monoisotopic (exact) mass is 719 g/mol. The van der Waals surface area contributed by atoms with Crippen molar-refractivity contribution in [3.05, 3.63) is 200 Å². The Bertz CT molecular complexity index is 3220. The molecule has 9 aromatic carbocycles. The predicted molar refractivity (Wildman–Crippen MR) is 235 cm³/mol. The summed E-state index contributed by atoms with van der Waals surface area (Å²) in [5.41, 5.74) is 12.2. The van der Waals surface area contributed by atoms with Crippen molar-refractivity contribution in [2.75, 3.05) is 4.90 Å². The summed E-state index contributed by atoms with van der Waals surface area (Å²) < 4.78 is 8.88. The van der Waals surface area contributed by atoms with Gasteiger partial charge in [-0.3, -0.25) is 0 Å². The van der Waals surface area contributed by atoms with Crippen LogP contribution in [-0.4, -0.2) is 0 Å². The Morgan fingerprint density at radius 3 is 1.76 bits per heavy atom. The second-order valence-corrected chi connectivity index (χ2v) is 15.2. The highest BCUT2D eigenvalue weighted by atomic mass is 32.1. The first kappa shape index (κ1) is 31.6. The summed E-state index contributed by atoms with van der Waals surface area (Å²) in [5, 5.41) is 7.38. The van der Waals surface area contributed by atoms with Crippen molar-refractivity contribution < 1.29 is 4.42 Å². The van der Waals surface area contributed by atoms with Gasteiger partial charge in [-0.15, -0.1) is 11.3 Å². The summed E-state index contributed by atoms with van der Waals surface area (Å²) in [6.45, 7) is 0. The SMILES string of the molecule is c1cc(-c2ccc3ccccc3c2)cc(N(c2ccc(-c3cccc4oc5ccccc5c34)cc2)c2cccc(-c3ccc4sc5ccccc5c4c3)c2)c1. The molecule has 0 radical (unpaired) electrons. The molecule has 0 unspecified atom stereocenters. The first-order valence-electron chi connectivity index (χ1n) is 18.7. The van der Waals surface area contributed by atoms with Crippen LogP contribution >= 0.6 is 11.3 Å². The van der Waals surface area contributed by atoms with Crippen molar-refractivity contribution >= 4 is 81.3 Å². The van der Waals surface area contributed by atoms with Crippen molar-refractivity contribution in [2.45, 2.75) is 0 Å². The number of rotatable bonds is 6. The molecule has 0 atom stereocenters. The molecule has 0 bridgehead atoms. The van der Waals surface area contributed by atoms with Crippen LogP contribution in [0.4, 0.5) is 17.1 Å². The Hall–Kier alpha value is -6.94. The lowest BCUT2D eigenvalue weighted by atomic mass is 9.98. The van der Waals surface area contributed by atoms with Gasteiger partial charge in [0.25, 0.3) is 0 Å². The second kappa shape index (κ2) is 12.9. The van der Waals surface area contributed by atoms with Crippen LogP contribution in [0.5, 0.6) is 0 Å². The average molecular weight is 720 g/mol.